The van der Waals surface area contributed by atoms with Gasteiger partial charge in [-0.05, 0) is 25.0 Å². The minimum absolute atomic E-state index is 0.0675. The van der Waals surface area contributed by atoms with Crippen LogP contribution in [0.15, 0.2) is 30.5 Å². The van der Waals surface area contributed by atoms with Crippen molar-refractivity contribution in [2.75, 3.05) is 17.2 Å². The molecule has 19 heavy (non-hydrogen) atoms. The van der Waals surface area contributed by atoms with E-state index in [4.69, 9.17) is 5.73 Å². The SMILES string of the molecule is CCn1ncc(C(=O)N2CCc3ccccc32)c1N. The lowest BCUT2D eigenvalue weighted by Crippen LogP contribution is -2.29. The zero-order valence-corrected chi connectivity index (χ0v) is 10.8. The van der Waals surface area contributed by atoms with Crippen molar-refractivity contribution in [1.29, 1.82) is 0 Å². The number of amides is 1. The number of carbonyl (C=O) groups excluding carboxylic acids is 1. The number of benzene rings is 1. The van der Waals surface area contributed by atoms with E-state index >= 15 is 0 Å². The molecule has 2 heterocycles. The molecule has 98 valence electrons. The number of nitrogens with zero attached hydrogens (tertiary/aromatic N) is 3. The van der Waals surface area contributed by atoms with Crippen LogP contribution in [0.5, 0.6) is 0 Å². The molecule has 0 fully saturated rings. The van der Waals surface area contributed by atoms with Gasteiger partial charge in [-0.15, -0.1) is 0 Å². The fraction of sp³-hybridized carbons (Fsp3) is 0.286. The molecule has 1 aromatic heterocycles. The lowest BCUT2D eigenvalue weighted by atomic mass is 10.2. The average molecular weight is 256 g/mol. The van der Waals surface area contributed by atoms with E-state index in [1.54, 1.807) is 15.8 Å². The number of nitrogen functional groups attached to an aromatic ring is 1. The third-order valence-corrected chi connectivity index (χ3v) is 3.54. The van der Waals surface area contributed by atoms with Crippen LogP contribution < -0.4 is 10.6 Å². The van der Waals surface area contributed by atoms with Crippen molar-refractivity contribution in [3.05, 3.63) is 41.6 Å². The Kier molecular flexibility index (Phi) is 2.74. The van der Waals surface area contributed by atoms with E-state index in [0.717, 1.165) is 12.1 Å². The highest BCUT2D eigenvalue weighted by atomic mass is 16.2. The Labute approximate surface area is 111 Å². The number of carbonyl (C=O) groups is 1. The monoisotopic (exact) mass is 256 g/mol. The van der Waals surface area contributed by atoms with Crippen molar-refractivity contribution in [1.82, 2.24) is 9.78 Å². The number of hydrogen-bond donors (Lipinski definition) is 1. The first-order valence-electron chi connectivity index (χ1n) is 6.43. The van der Waals surface area contributed by atoms with Gasteiger partial charge in [-0.25, -0.2) is 4.68 Å². The summed E-state index contributed by atoms with van der Waals surface area (Å²) >= 11 is 0. The van der Waals surface area contributed by atoms with Gasteiger partial charge in [0.2, 0.25) is 0 Å². The third kappa shape index (κ3) is 1.78. The number of anilines is 2. The molecular formula is C14H16N4O. The second kappa shape index (κ2) is 4.42. The summed E-state index contributed by atoms with van der Waals surface area (Å²) in [6, 6.07) is 7.97. The van der Waals surface area contributed by atoms with Crippen molar-refractivity contribution in [3.63, 3.8) is 0 Å². The van der Waals surface area contributed by atoms with Crippen LogP contribution in [0.4, 0.5) is 11.5 Å². The molecule has 5 heteroatoms. The molecule has 0 radical (unpaired) electrons. The summed E-state index contributed by atoms with van der Waals surface area (Å²) in [6.07, 6.45) is 2.45. The predicted octanol–water partition coefficient (Wildman–Crippen LogP) is 1.69. The zero-order chi connectivity index (χ0) is 13.4. The van der Waals surface area contributed by atoms with Gasteiger partial charge >= 0.3 is 0 Å². The van der Waals surface area contributed by atoms with Crippen LogP contribution in [0, 0.1) is 0 Å². The molecule has 2 aromatic rings. The largest absolute Gasteiger partial charge is 0.383 e. The van der Waals surface area contributed by atoms with E-state index in [2.05, 4.69) is 11.2 Å². The van der Waals surface area contributed by atoms with Gasteiger partial charge in [-0.3, -0.25) is 4.79 Å². The Morgan fingerprint density at radius 2 is 2.21 bits per heavy atom. The van der Waals surface area contributed by atoms with Crippen molar-refractivity contribution in [3.8, 4) is 0 Å². The van der Waals surface area contributed by atoms with E-state index in [1.165, 1.54) is 5.56 Å². The van der Waals surface area contributed by atoms with E-state index in [-0.39, 0.29) is 5.91 Å². The van der Waals surface area contributed by atoms with Crippen molar-refractivity contribution in [2.45, 2.75) is 19.9 Å². The second-order valence-electron chi connectivity index (χ2n) is 4.59. The van der Waals surface area contributed by atoms with Gasteiger partial charge in [0.1, 0.15) is 11.4 Å². The van der Waals surface area contributed by atoms with E-state index in [0.29, 0.717) is 24.5 Å². The summed E-state index contributed by atoms with van der Waals surface area (Å²) in [4.78, 5) is 14.3. The quantitative estimate of drug-likeness (QED) is 0.889. The Hall–Kier alpha value is -2.30. The fourth-order valence-corrected chi connectivity index (χ4v) is 2.51. The van der Waals surface area contributed by atoms with Gasteiger partial charge in [0.15, 0.2) is 0 Å². The van der Waals surface area contributed by atoms with Crippen molar-refractivity contribution < 1.29 is 4.79 Å². The molecule has 0 unspecified atom stereocenters. The number of fused-ring (bicyclic) bond motifs is 1. The van der Waals surface area contributed by atoms with E-state index in [1.807, 2.05) is 25.1 Å². The maximum atomic E-state index is 12.6. The standard InChI is InChI=1S/C14H16N4O/c1-2-18-13(15)11(9-16-18)14(19)17-8-7-10-5-3-4-6-12(10)17/h3-6,9H,2,7-8,15H2,1H3. The van der Waals surface area contributed by atoms with E-state index in [9.17, 15) is 4.79 Å². The zero-order valence-electron chi connectivity index (χ0n) is 10.8. The van der Waals surface area contributed by atoms with Gasteiger partial charge in [0, 0.05) is 18.8 Å². The molecule has 0 saturated carbocycles. The van der Waals surface area contributed by atoms with Crippen LogP contribution in [-0.2, 0) is 13.0 Å². The molecule has 2 N–H and O–H groups in total. The lowest BCUT2D eigenvalue weighted by molar-refractivity contribution is 0.0990. The Morgan fingerprint density at radius 1 is 1.42 bits per heavy atom. The summed E-state index contributed by atoms with van der Waals surface area (Å²) in [5.74, 6) is 0.374. The first-order chi connectivity index (χ1) is 9.22. The van der Waals surface area contributed by atoms with Crippen LogP contribution >= 0.6 is 0 Å². The number of rotatable bonds is 2. The highest BCUT2D eigenvalue weighted by Crippen LogP contribution is 2.29. The minimum Gasteiger partial charge on any atom is -0.383 e. The smallest absolute Gasteiger partial charge is 0.263 e. The summed E-state index contributed by atoms with van der Waals surface area (Å²) in [5.41, 5.74) is 8.63. The number of aromatic nitrogens is 2. The summed E-state index contributed by atoms with van der Waals surface area (Å²) < 4.78 is 1.63. The molecule has 0 bridgehead atoms. The van der Waals surface area contributed by atoms with Crippen LogP contribution in [-0.4, -0.2) is 22.2 Å². The Bertz CT molecular complexity index is 632. The highest BCUT2D eigenvalue weighted by Gasteiger charge is 2.27. The predicted molar refractivity (Wildman–Crippen MR) is 74.1 cm³/mol. The summed E-state index contributed by atoms with van der Waals surface area (Å²) in [5, 5.41) is 4.13. The van der Waals surface area contributed by atoms with Crippen molar-refractivity contribution >= 4 is 17.4 Å². The Morgan fingerprint density at radius 3 is 2.95 bits per heavy atom. The average Bonchev–Trinajstić information content (AvgIpc) is 3.01. The number of aryl methyl sites for hydroxylation is 1. The molecule has 0 aliphatic carbocycles. The molecule has 0 saturated heterocycles. The lowest BCUT2D eigenvalue weighted by Gasteiger charge is -2.16. The van der Waals surface area contributed by atoms with Crippen LogP contribution in [0.2, 0.25) is 0 Å². The van der Waals surface area contributed by atoms with Gasteiger partial charge in [-0.2, -0.15) is 5.10 Å². The molecule has 0 atom stereocenters. The molecule has 1 aromatic carbocycles. The molecule has 5 nitrogen and oxygen atoms in total. The normalized spacial score (nSPS) is 13.6. The van der Waals surface area contributed by atoms with Gasteiger partial charge in [0.25, 0.3) is 5.91 Å². The van der Waals surface area contributed by atoms with Gasteiger partial charge in [0.05, 0.1) is 6.20 Å². The number of para-hydroxylation sites is 1. The topological polar surface area (TPSA) is 64.2 Å². The van der Waals surface area contributed by atoms with Crippen LogP contribution in [0.1, 0.15) is 22.8 Å². The summed E-state index contributed by atoms with van der Waals surface area (Å²) in [6.45, 7) is 3.31. The summed E-state index contributed by atoms with van der Waals surface area (Å²) in [7, 11) is 0. The molecule has 1 amide bonds. The number of nitrogens with two attached hydrogens (primary N) is 1. The van der Waals surface area contributed by atoms with Gasteiger partial charge < -0.3 is 10.6 Å². The molecule has 3 rings (SSSR count). The van der Waals surface area contributed by atoms with Crippen molar-refractivity contribution in [2.24, 2.45) is 0 Å². The fourth-order valence-electron chi connectivity index (χ4n) is 2.51. The molecule has 1 aliphatic heterocycles. The van der Waals surface area contributed by atoms with E-state index < -0.39 is 0 Å². The number of hydrogen-bond acceptors (Lipinski definition) is 3. The maximum Gasteiger partial charge on any atom is 0.263 e. The highest BCUT2D eigenvalue weighted by molar-refractivity contribution is 6.09. The first-order valence-corrected chi connectivity index (χ1v) is 6.43. The minimum atomic E-state index is -0.0675. The second-order valence-corrected chi connectivity index (χ2v) is 4.59. The van der Waals surface area contributed by atoms with Crippen LogP contribution in [0.25, 0.3) is 0 Å². The molecule has 0 spiro atoms. The Balaban J connectivity index is 1.95. The molecular weight excluding hydrogens is 240 g/mol. The van der Waals surface area contributed by atoms with Gasteiger partial charge in [-0.1, -0.05) is 18.2 Å². The first kappa shape index (κ1) is 11.8. The van der Waals surface area contributed by atoms with Crippen LogP contribution in [0.3, 0.4) is 0 Å². The maximum absolute atomic E-state index is 12.6. The molecule has 1 aliphatic rings. The third-order valence-electron chi connectivity index (χ3n) is 3.54.